The van der Waals surface area contributed by atoms with Gasteiger partial charge in [-0.15, -0.1) is 53.6 Å². The SMILES string of the molecule is COc1cc[c-]c(-c2ccc([Si](C)(C)C)cn2)c1.N#Cc1ccc(-c2ccc3c(c2)oc2c[c-]c(-c4cc5ccccc5cn4)cc23)cc1.[Ir]. The van der Waals surface area contributed by atoms with Gasteiger partial charge in [-0.1, -0.05) is 91.8 Å². The minimum absolute atomic E-state index is 0. The first-order valence-electron chi connectivity index (χ1n) is 16.1. The Morgan fingerprint density at radius 2 is 1.44 bits per heavy atom. The van der Waals surface area contributed by atoms with E-state index in [0.717, 1.165) is 72.1 Å². The maximum Gasteiger partial charge on any atom is 0.121 e. The molecule has 0 bridgehead atoms. The number of benzene rings is 5. The molecular weight excluding hydrogens is 811 g/mol. The van der Waals surface area contributed by atoms with Gasteiger partial charge >= 0.3 is 0 Å². The molecule has 3 aromatic heterocycles. The van der Waals surface area contributed by atoms with Gasteiger partial charge in [0.1, 0.15) is 5.58 Å². The normalized spacial score (nSPS) is 11.0. The molecule has 50 heavy (non-hydrogen) atoms. The van der Waals surface area contributed by atoms with Crippen molar-refractivity contribution in [3.8, 4) is 45.5 Å². The molecule has 0 N–H and O–H groups in total. The first-order valence-corrected chi connectivity index (χ1v) is 19.6. The maximum absolute atomic E-state index is 9.01. The molecule has 0 saturated heterocycles. The van der Waals surface area contributed by atoms with Crippen LogP contribution in [0.1, 0.15) is 5.56 Å². The van der Waals surface area contributed by atoms with E-state index in [2.05, 4.69) is 96.3 Å². The quantitative estimate of drug-likeness (QED) is 0.128. The average Bonchev–Trinajstić information content (AvgIpc) is 3.52. The van der Waals surface area contributed by atoms with Crippen LogP contribution in [0.5, 0.6) is 5.75 Å². The third kappa shape index (κ3) is 7.29. The Morgan fingerprint density at radius 3 is 2.16 bits per heavy atom. The Hall–Kier alpha value is -5.38. The number of hydrogen-bond acceptors (Lipinski definition) is 5. The Bertz CT molecular complexity index is 2480. The first-order chi connectivity index (χ1) is 23.8. The number of nitrogens with zero attached hydrogens (tertiary/aromatic N) is 3. The molecule has 0 amide bonds. The molecule has 247 valence electrons. The molecule has 8 rings (SSSR count). The van der Waals surface area contributed by atoms with Gasteiger partial charge in [0, 0.05) is 43.6 Å². The van der Waals surface area contributed by atoms with Gasteiger partial charge in [-0.05, 0) is 56.7 Å². The van der Waals surface area contributed by atoms with Crippen LogP contribution in [-0.4, -0.2) is 25.2 Å². The Labute approximate surface area is 306 Å². The van der Waals surface area contributed by atoms with E-state index in [1.807, 2.05) is 79.1 Å². The van der Waals surface area contributed by atoms with Crippen LogP contribution in [-0.2, 0) is 20.1 Å². The fourth-order valence-electron chi connectivity index (χ4n) is 5.73. The summed E-state index contributed by atoms with van der Waals surface area (Å²) in [5.74, 6) is 0.833. The number of pyridine rings is 2. The van der Waals surface area contributed by atoms with E-state index in [9.17, 15) is 0 Å². The van der Waals surface area contributed by atoms with Crippen LogP contribution in [0.3, 0.4) is 0 Å². The number of nitriles is 1. The van der Waals surface area contributed by atoms with Crippen LogP contribution in [0.15, 0.2) is 132 Å². The van der Waals surface area contributed by atoms with Crippen LogP contribution in [0.25, 0.3) is 66.4 Å². The molecule has 3 heterocycles. The van der Waals surface area contributed by atoms with E-state index < -0.39 is 8.07 Å². The fraction of sp³-hybridized carbons (Fsp3) is 0.0930. The second kappa shape index (κ2) is 14.6. The van der Waals surface area contributed by atoms with E-state index in [1.165, 1.54) is 5.19 Å². The third-order valence-corrected chi connectivity index (χ3v) is 10.6. The van der Waals surface area contributed by atoms with E-state index >= 15 is 0 Å². The minimum Gasteiger partial charge on any atom is -0.516 e. The zero-order valence-corrected chi connectivity index (χ0v) is 31.5. The topological polar surface area (TPSA) is 71.9 Å². The molecule has 8 aromatic rings. The van der Waals surface area contributed by atoms with Crippen molar-refractivity contribution in [2.75, 3.05) is 7.11 Å². The van der Waals surface area contributed by atoms with Gasteiger partial charge < -0.3 is 19.1 Å². The standard InChI is InChI=1S/C28H15N2O.C15H18NOSi.Ir/c29-16-18-5-7-19(8-6-18)21-9-11-24-25-13-22(10-12-27(25)31-28(24)15-21)26-14-20-3-1-2-4-23(20)17-30-26;1-17-13-7-5-6-12(10-13)15-9-8-14(11-16-15)18(2,3)4;/h1-9,11-15,17H;5,7-11H,1-4H3;/q2*-1;. The summed E-state index contributed by atoms with van der Waals surface area (Å²) in [6.45, 7) is 6.96. The molecule has 0 fully saturated rings. The Morgan fingerprint density at radius 1 is 0.700 bits per heavy atom. The zero-order chi connectivity index (χ0) is 34.0. The van der Waals surface area contributed by atoms with Crippen molar-refractivity contribution in [3.63, 3.8) is 0 Å². The van der Waals surface area contributed by atoms with E-state index in [4.69, 9.17) is 14.4 Å². The van der Waals surface area contributed by atoms with Crippen molar-refractivity contribution in [3.05, 3.63) is 145 Å². The van der Waals surface area contributed by atoms with Crippen molar-refractivity contribution in [1.82, 2.24) is 9.97 Å². The number of methoxy groups -OCH3 is 1. The van der Waals surface area contributed by atoms with Crippen LogP contribution >= 0.6 is 0 Å². The predicted octanol–water partition coefficient (Wildman–Crippen LogP) is 10.2. The number of furan rings is 1. The minimum atomic E-state index is -1.27. The van der Waals surface area contributed by atoms with Gasteiger partial charge in [0.25, 0.3) is 0 Å². The van der Waals surface area contributed by atoms with Gasteiger partial charge in [0.15, 0.2) is 0 Å². The van der Waals surface area contributed by atoms with Gasteiger partial charge in [-0.3, -0.25) is 0 Å². The summed E-state index contributed by atoms with van der Waals surface area (Å²) in [6.07, 6.45) is 3.90. The van der Waals surface area contributed by atoms with Crippen LogP contribution in [0.2, 0.25) is 19.6 Å². The van der Waals surface area contributed by atoms with Gasteiger partial charge in [-0.25, -0.2) is 0 Å². The molecule has 1 radical (unpaired) electrons. The molecule has 0 aliphatic heterocycles. The fourth-order valence-corrected chi connectivity index (χ4v) is 6.77. The van der Waals surface area contributed by atoms with Gasteiger partial charge in [0.05, 0.1) is 32.4 Å². The summed E-state index contributed by atoms with van der Waals surface area (Å²) in [4.78, 5) is 9.17. The maximum atomic E-state index is 9.01. The summed E-state index contributed by atoms with van der Waals surface area (Å²) in [7, 11) is 0.395. The van der Waals surface area contributed by atoms with Crippen molar-refractivity contribution >= 4 is 46.0 Å². The van der Waals surface area contributed by atoms with E-state index in [-0.39, 0.29) is 20.1 Å². The Balaban J connectivity index is 0.000000196. The van der Waals surface area contributed by atoms with E-state index in [1.54, 1.807) is 7.11 Å². The van der Waals surface area contributed by atoms with Gasteiger partial charge in [-0.2, -0.15) is 5.26 Å². The number of hydrogen-bond donors (Lipinski definition) is 0. The van der Waals surface area contributed by atoms with Gasteiger partial charge in [0.2, 0.25) is 0 Å². The largest absolute Gasteiger partial charge is 0.516 e. The number of ether oxygens (including phenoxy) is 1. The van der Waals surface area contributed by atoms with Crippen molar-refractivity contribution in [2.24, 2.45) is 0 Å². The zero-order valence-electron chi connectivity index (χ0n) is 28.1. The second-order valence-corrected chi connectivity index (χ2v) is 17.9. The number of aromatic nitrogens is 2. The average molecular weight is 844 g/mol. The predicted molar refractivity (Wildman–Crippen MR) is 201 cm³/mol. The van der Waals surface area contributed by atoms with Crippen LogP contribution < -0.4 is 9.92 Å². The molecular formula is C43H33IrN3O2Si-2. The molecule has 5 aromatic carbocycles. The monoisotopic (exact) mass is 844 g/mol. The molecule has 0 aliphatic rings. The molecule has 5 nitrogen and oxygen atoms in total. The summed E-state index contributed by atoms with van der Waals surface area (Å²) < 4.78 is 11.3. The third-order valence-electron chi connectivity index (χ3n) is 8.57. The number of fused-ring (bicyclic) bond motifs is 4. The van der Waals surface area contributed by atoms with Crippen molar-refractivity contribution in [1.29, 1.82) is 5.26 Å². The molecule has 0 spiro atoms. The Kier molecular flexibility index (Phi) is 10.1. The van der Waals surface area contributed by atoms with Crippen LogP contribution in [0.4, 0.5) is 0 Å². The molecule has 0 unspecified atom stereocenters. The van der Waals surface area contributed by atoms with E-state index in [0.29, 0.717) is 5.56 Å². The summed E-state index contributed by atoms with van der Waals surface area (Å²) >= 11 is 0. The first kappa shape index (κ1) is 34.5. The van der Waals surface area contributed by atoms with Crippen molar-refractivity contribution < 1.29 is 29.3 Å². The molecule has 0 saturated carbocycles. The van der Waals surface area contributed by atoms with Crippen LogP contribution in [0, 0.1) is 23.5 Å². The molecule has 7 heteroatoms. The number of rotatable bonds is 5. The smallest absolute Gasteiger partial charge is 0.121 e. The van der Waals surface area contributed by atoms with Crippen molar-refractivity contribution in [2.45, 2.75) is 19.6 Å². The molecule has 0 atom stereocenters. The molecule has 0 aliphatic carbocycles. The summed E-state index contributed by atoms with van der Waals surface area (Å²) in [5.41, 5.74) is 8.13. The second-order valence-electron chi connectivity index (χ2n) is 12.9. The summed E-state index contributed by atoms with van der Waals surface area (Å²) in [5, 5.41) is 14.8. The summed E-state index contributed by atoms with van der Waals surface area (Å²) in [6, 6.07) is 46.7.